The van der Waals surface area contributed by atoms with E-state index in [1.165, 1.54) is 4.90 Å². The van der Waals surface area contributed by atoms with Crippen molar-refractivity contribution >= 4 is 23.1 Å². The van der Waals surface area contributed by atoms with E-state index in [0.29, 0.717) is 17.7 Å². The van der Waals surface area contributed by atoms with Crippen LogP contribution in [0, 0.1) is 6.92 Å². The normalized spacial score (nSPS) is 13.7. The summed E-state index contributed by atoms with van der Waals surface area (Å²) in [4.78, 5) is 28.0. The lowest BCUT2D eigenvalue weighted by molar-refractivity contribution is -0.137. The van der Waals surface area contributed by atoms with E-state index in [2.05, 4.69) is 5.32 Å². The maximum atomic E-state index is 13.4. The van der Waals surface area contributed by atoms with E-state index in [-0.39, 0.29) is 24.1 Å². The van der Waals surface area contributed by atoms with Crippen molar-refractivity contribution in [1.29, 1.82) is 0 Å². The molecule has 0 aliphatic carbocycles. The van der Waals surface area contributed by atoms with Crippen LogP contribution in [0.2, 0.25) is 0 Å². The van der Waals surface area contributed by atoms with E-state index in [0.717, 1.165) is 22.6 Å². The third-order valence-corrected chi connectivity index (χ3v) is 5.09. The van der Waals surface area contributed by atoms with Gasteiger partial charge in [0.05, 0.1) is 18.7 Å². The van der Waals surface area contributed by atoms with Gasteiger partial charge >= 0.3 is 0 Å². The molecule has 0 saturated carbocycles. The maximum absolute atomic E-state index is 13.4. The molecule has 31 heavy (non-hydrogen) atoms. The Kier molecular flexibility index (Phi) is 5.85. The molecule has 2 amide bonds. The van der Waals surface area contributed by atoms with Gasteiger partial charge < -0.3 is 10.1 Å². The highest BCUT2D eigenvalue weighted by Crippen LogP contribution is 2.32. The molecular weight excluding hydrogens is 388 g/mol. The van der Waals surface area contributed by atoms with Crippen LogP contribution in [0.4, 0.5) is 5.69 Å². The number of amides is 2. The summed E-state index contributed by atoms with van der Waals surface area (Å²) in [5, 5.41) is 3.20. The van der Waals surface area contributed by atoms with Crippen LogP contribution in [0.1, 0.15) is 23.6 Å². The van der Waals surface area contributed by atoms with Gasteiger partial charge in [-0.1, -0.05) is 54.6 Å². The Bertz CT molecular complexity index is 1130. The van der Waals surface area contributed by atoms with E-state index in [1.54, 1.807) is 0 Å². The molecule has 0 radical (unpaired) electrons. The minimum atomic E-state index is -0.334. The Morgan fingerprint density at radius 2 is 1.61 bits per heavy atom. The third kappa shape index (κ3) is 4.36. The van der Waals surface area contributed by atoms with Crippen LogP contribution in [0.15, 0.2) is 84.6 Å². The first kappa shape index (κ1) is 20.4. The minimum absolute atomic E-state index is 0.220. The SMILES string of the molecule is CCOc1ccc(C2=C(Nc3cccc(C)c3)C(=O)N(Cc3ccccc3)C2=O)cc1. The molecule has 5 nitrogen and oxygen atoms in total. The number of nitrogens with one attached hydrogen (secondary N) is 1. The van der Waals surface area contributed by atoms with Crippen molar-refractivity contribution in [3.05, 3.63) is 101 Å². The van der Waals surface area contributed by atoms with Gasteiger partial charge in [0.15, 0.2) is 0 Å². The number of hydrogen-bond acceptors (Lipinski definition) is 4. The first-order valence-corrected chi connectivity index (χ1v) is 10.3. The fourth-order valence-corrected chi connectivity index (χ4v) is 3.62. The lowest BCUT2D eigenvalue weighted by atomic mass is 10.0. The molecule has 0 saturated heterocycles. The predicted molar refractivity (Wildman–Crippen MR) is 121 cm³/mol. The van der Waals surface area contributed by atoms with Crippen molar-refractivity contribution in [2.24, 2.45) is 0 Å². The molecule has 1 heterocycles. The second-order valence-electron chi connectivity index (χ2n) is 7.38. The average molecular weight is 412 g/mol. The number of carbonyl (C=O) groups is 2. The summed E-state index contributed by atoms with van der Waals surface area (Å²) in [6.45, 7) is 4.68. The number of carbonyl (C=O) groups excluding carboxylic acids is 2. The molecule has 0 unspecified atom stereocenters. The van der Waals surface area contributed by atoms with Crippen LogP contribution in [0.5, 0.6) is 5.75 Å². The van der Waals surface area contributed by atoms with Gasteiger partial charge in [0.2, 0.25) is 0 Å². The van der Waals surface area contributed by atoms with Crippen LogP contribution in [-0.2, 0) is 16.1 Å². The number of hydrogen-bond donors (Lipinski definition) is 1. The summed E-state index contributed by atoms with van der Waals surface area (Å²) in [5.41, 5.74) is 4.05. The summed E-state index contributed by atoms with van der Waals surface area (Å²) in [6, 6.07) is 24.5. The first-order chi connectivity index (χ1) is 15.1. The summed E-state index contributed by atoms with van der Waals surface area (Å²) >= 11 is 0. The zero-order chi connectivity index (χ0) is 21.8. The van der Waals surface area contributed by atoms with E-state index in [4.69, 9.17) is 4.74 Å². The van der Waals surface area contributed by atoms with Gasteiger partial charge in [-0.05, 0) is 54.8 Å². The molecule has 5 heteroatoms. The van der Waals surface area contributed by atoms with Gasteiger partial charge in [-0.25, -0.2) is 0 Å². The van der Waals surface area contributed by atoms with Crippen LogP contribution in [0.25, 0.3) is 5.57 Å². The summed E-state index contributed by atoms with van der Waals surface area (Å²) in [6.07, 6.45) is 0. The molecule has 4 rings (SSSR count). The number of aryl methyl sites for hydroxylation is 1. The maximum Gasteiger partial charge on any atom is 0.278 e. The van der Waals surface area contributed by atoms with Crippen molar-refractivity contribution in [1.82, 2.24) is 4.90 Å². The Hall–Kier alpha value is -3.86. The first-order valence-electron chi connectivity index (χ1n) is 10.3. The quantitative estimate of drug-likeness (QED) is 0.567. The van der Waals surface area contributed by atoms with Crippen molar-refractivity contribution in [3.63, 3.8) is 0 Å². The predicted octanol–water partition coefficient (Wildman–Crippen LogP) is 4.79. The van der Waals surface area contributed by atoms with Crippen LogP contribution < -0.4 is 10.1 Å². The summed E-state index contributed by atoms with van der Waals surface area (Å²) < 4.78 is 5.51. The molecule has 1 aliphatic heterocycles. The molecule has 156 valence electrons. The molecule has 0 aromatic heterocycles. The minimum Gasteiger partial charge on any atom is -0.494 e. The number of rotatable bonds is 7. The Balaban J connectivity index is 1.73. The van der Waals surface area contributed by atoms with E-state index < -0.39 is 0 Å². The van der Waals surface area contributed by atoms with E-state index in [1.807, 2.05) is 92.7 Å². The topological polar surface area (TPSA) is 58.6 Å². The molecule has 0 spiro atoms. The monoisotopic (exact) mass is 412 g/mol. The molecule has 0 bridgehead atoms. The standard InChI is InChI=1S/C26H24N2O3/c1-3-31-22-14-12-20(13-15-22)23-24(27-21-11-7-8-18(2)16-21)26(30)28(25(23)29)17-19-9-5-4-6-10-19/h4-16,27H,3,17H2,1-2H3. The third-order valence-electron chi connectivity index (χ3n) is 5.09. The number of anilines is 1. The summed E-state index contributed by atoms with van der Waals surface area (Å²) in [5.74, 6) is 0.0744. The lowest BCUT2D eigenvalue weighted by Gasteiger charge is -2.15. The molecule has 1 aliphatic rings. The second-order valence-corrected chi connectivity index (χ2v) is 7.38. The number of nitrogens with zero attached hydrogens (tertiary/aromatic N) is 1. The Morgan fingerprint density at radius 3 is 2.29 bits per heavy atom. The Labute approximate surface area is 182 Å². The number of benzene rings is 3. The highest BCUT2D eigenvalue weighted by atomic mass is 16.5. The highest BCUT2D eigenvalue weighted by molar-refractivity contribution is 6.36. The van der Waals surface area contributed by atoms with Crippen molar-refractivity contribution in [3.8, 4) is 5.75 Å². The lowest BCUT2D eigenvalue weighted by Crippen LogP contribution is -2.31. The number of imide groups is 1. The average Bonchev–Trinajstić information content (AvgIpc) is 3.00. The smallest absolute Gasteiger partial charge is 0.278 e. The van der Waals surface area contributed by atoms with Gasteiger partial charge in [0, 0.05) is 5.69 Å². The molecule has 3 aromatic carbocycles. The highest BCUT2D eigenvalue weighted by Gasteiger charge is 2.39. The Morgan fingerprint density at radius 1 is 0.871 bits per heavy atom. The van der Waals surface area contributed by atoms with Crippen molar-refractivity contribution in [2.75, 3.05) is 11.9 Å². The van der Waals surface area contributed by atoms with E-state index >= 15 is 0 Å². The fraction of sp³-hybridized carbons (Fsp3) is 0.154. The fourth-order valence-electron chi connectivity index (χ4n) is 3.62. The molecule has 0 fully saturated rings. The van der Waals surface area contributed by atoms with Gasteiger partial charge in [0.25, 0.3) is 11.8 Å². The largest absolute Gasteiger partial charge is 0.494 e. The van der Waals surface area contributed by atoms with Gasteiger partial charge in [0.1, 0.15) is 11.4 Å². The van der Waals surface area contributed by atoms with Crippen LogP contribution >= 0.6 is 0 Å². The van der Waals surface area contributed by atoms with Gasteiger partial charge in [-0.3, -0.25) is 14.5 Å². The van der Waals surface area contributed by atoms with Gasteiger partial charge in [-0.2, -0.15) is 0 Å². The zero-order valence-electron chi connectivity index (χ0n) is 17.6. The van der Waals surface area contributed by atoms with Crippen LogP contribution in [-0.4, -0.2) is 23.3 Å². The summed E-state index contributed by atoms with van der Waals surface area (Å²) in [7, 11) is 0. The second kappa shape index (κ2) is 8.88. The molecule has 0 atom stereocenters. The molecular formula is C26H24N2O3. The number of ether oxygens (including phenoxy) is 1. The van der Waals surface area contributed by atoms with Crippen LogP contribution in [0.3, 0.4) is 0 Å². The van der Waals surface area contributed by atoms with E-state index in [9.17, 15) is 9.59 Å². The molecule has 1 N–H and O–H groups in total. The molecule has 3 aromatic rings. The van der Waals surface area contributed by atoms with Crippen molar-refractivity contribution in [2.45, 2.75) is 20.4 Å². The van der Waals surface area contributed by atoms with Crippen molar-refractivity contribution < 1.29 is 14.3 Å². The van der Waals surface area contributed by atoms with Gasteiger partial charge in [-0.15, -0.1) is 0 Å². The zero-order valence-corrected chi connectivity index (χ0v) is 17.6.